The Bertz CT molecular complexity index is 2330. The summed E-state index contributed by atoms with van der Waals surface area (Å²) in [6.07, 6.45) is 6.53. The van der Waals surface area contributed by atoms with Crippen molar-refractivity contribution in [3.63, 3.8) is 0 Å². The maximum absolute atomic E-state index is 14.0. The lowest BCUT2D eigenvalue weighted by molar-refractivity contribution is 0.912. The number of rotatable bonds is 0. The smallest absolute Gasteiger partial charge is 0.264 e. The second-order valence-corrected chi connectivity index (χ2v) is 11.1. The van der Waals surface area contributed by atoms with Crippen molar-refractivity contribution in [2.75, 3.05) is 0 Å². The van der Waals surface area contributed by atoms with Crippen molar-refractivity contribution >= 4 is 65.7 Å². The predicted octanol–water partition coefficient (Wildman–Crippen LogP) is 5.32. The maximum atomic E-state index is 14.0. The monoisotopic (exact) mass is 492 g/mol. The number of aromatic nitrogens is 4. The quantitative estimate of drug-likeness (QED) is 0.269. The summed E-state index contributed by atoms with van der Waals surface area (Å²) in [5.41, 5.74) is 9.93. The van der Waals surface area contributed by atoms with Crippen molar-refractivity contribution in [2.45, 2.75) is 38.5 Å². The molecular formula is C32H20N4O2. The fourth-order valence-corrected chi connectivity index (χ4v) is 7.53. The molecule has 8 aromatic rings. The molecule has 2 aliphatic rings. The molecule has 0 unspecified atom stereocenters. The summed E-state index contributed by atoms with van der Waals surface area (Å²) in [6.45, 7) is 0. The predicted molar refractivity (Wildman–Crippen MR) is 150 cm³/mol. The van der Waals surface area contributed by atoms with Crippen LogP contribution in [-0.2, 0) is 25.7 Å². The van der Waals surface area contributed by atoms with Gasteiger partial charge in [-0.05, 0) is 109 Å². The van der Waals surface area contributed by atoms with Gasteiger partial charge in [0.05, 0.1) is 22.1 Å². The molecule has 4 aromatic carbocycles. The molecule has 0 N–H and O–H groups in total. The minimum atomic E-state index is -0.0837. The normalized spacial score (nSPS) is 15.5. The number of imidazole rings is 2. The van der Waals surface area contributed by atoms with Crippen LogP contribution < -0.4 is 11.1 Å². The first-order chi connectivity index (χ1) is 18.7. The van der Waals surface area contributed by atoms with E-state index in [1.807, 2.05) is 24.3 Å². The van der Waals surface area contributed by atoms with E-state index in [-0.39, 0.29) is 11.1 Å². The maximum Gasteiger partial charge on any atom is 0.264 e. The summed E-state index contributed by atoms with van der Waals surface area (Å²) in [7, 11) is 0. The van der Waals surface area contributed by atoms with Crippen molar-refractivity contribution in [2.24, 2.45) is 0 Å². The van der Waals surface area contributed by atoms with Gasteiger partial charge in [-0.25, -0.2) is 9.97 Å². The lowest BCUT2D eigenvalue weighted by Gasteiger charge is -2.12. The fraction of sp³-hybridized carbons (Fsp3) is 0.188. The average Bonchev–Trinajstić information content (AvgIpc) is 3.71. The Hall–Kier alpha value is -4.58. The van der Waals surface area contributed by atoms with Crippen molar-refractivity contribution in [1.82, 2.24) is 18.8 Å². The minimum Gasteiger partial charge on any atom is -0.268 e. The van der Waals surface area contributed by atoms with E-state index in [4.69, 9.17) is 9.97 Å². The molecular weight excluding hydrogens is 472 g/mol. The lowest BCUT2D eigenvalue weighted by Crippen LogP contribution is -2.16. The van der Waals surface area contributed by atoms with Crippen LogP contribution in [-0.4, -0.2) is 18.8 Å². The fourth-order valence-electron chi connectivity index (χ4n) is 7.53. The Morgan fingerprint density at radius 3 is 1.37 bits per heavy atom. The molecule has 0 radical (unpaired) electrons. The standard InChI is InChI=1S/C32H20N4O2/c37-31-21-9-8-20-28-22(32(38)36-26-14-18-6-2-4-16(18)12-24(26)34-30(20)36)10-7-19(27(21)28)29-33-23-11-15-3-1-5-17(15)13-25(23)35(29)31/h7-14H,1-6H2. The molecule has 6 nitrogen and oxygen atoms in total. The van der Waals surface area contributed by atoms with Crippen LogP contribution in [0.25, 0.3) is 65.7 Å². The Kier molecular flexibility index (Phi) is 3.22. The number of nitrogens with zero attached hydrogens (tertiary/aromatic N) is 4. The molecule has 0 fully saturated rings. The Morgan fingerprint density at radius 2 is 0.921 bits per heavy atom. The van der Waals surface area contributed by atoms with E-state index in [1.165, 1.54) is 22.3 Å². The highest BCUT2D eigenvalue weighted by molar-refractivity contribution is 6.27. The second kappa shape index (κ2) is 6.27. The summed E-state index contributed by atoms with van der Waals surface area (Å²) >= 11 is 0. The SMILES string of the molecule is O=c1c2ccc3c4c(ccc(c24)c2nc4cc5c(cc4n12)CCC5)c(=O)n1c2cc4c(cc2nc31)CCC4. The Labute approximate surface area is 214 Å². The first kappa shape index (κ1) is 19.5. The highest BCUT2D eigenvalue weighted by atomic mass is 16.1. The van der Waals surface area contributed by atoms with Gasteiger partial charge in [0.15, 0.2) is 0 Å². The van der Waals surface area contributed by atoms with Crippen molar-refractivity contribution in [3.05, 3.63) is 91.5 Å². The van der Waals surface area contributed by atoms with E-state index in [0.717, 1.165) is 82.1 Å². The summed E-state index contributed by atoms with van der Waals surface area (Å²) in [5.74, 6) is 0. The van der Waals surface area contributed by atoms with E-state index >= 15 is 0 Å². The van der Waals surface area contributed by atoms with Crippen LogP contribution in [0.5, 0.6) is 0 Å². The molecule has 0 amide bonds. The van der Waals surface area contributed by atoms with E-state index in [2.05, 4.69) is 24.3 Å². The van der Waals surface area contributed by atoms with E-state index in [0.29, 0.717) is 22.1 Å². The summed E-state index contributed by atoms with van der Waals surface area (Å²) < 4.78 is 3.55. The molecule has 6 heteroatoms. The molecule has 0 saturated heterocycles. The average molecular weight is 493 g/mol. The molecule has 0 bridgehead atoms. The van der Waals surface area contributed by atoms with Gasteiger partial charge >= 0.3 is 0 Å². The third-order valence-corrected chi connectivity index (χ3v) is 9.25. The zero-order valence-corrected chi connectivity index (χ0v) is 20.5. The summed E-state index contributed by atoms with van der Waals surface area (Å²) in [5, 5.41) is 4.65. The van der Waals surface area contributed by atoms with Crippen LogP contribution >= 0.6 is 0 Å². The van der Waals surface area contributed by atoms with Crippen molar-refractivity contribution in [3.8, 4) is 0 Å². The molecule has 0 saturated carbocycles. The number of fused-ring (bicyclic) bond motifs is 10. The van der Waals surface area contributed by atoms with Gasteiger partial charge in [0.25, 0.3) is 11.1 Å². The van der Waals surface area contributed by atoms with E-state index < -0.39 is 0 Å². The number of hydrogen-bond donors (Lipinski definition) is 0. The summed E-state index contributed by atoms with van der Waals surface area (Å²) in [4.78, 5) is 38.0. The largest absolute Gasteiger partial charge is 0.268 e. The zero-order valence-electron chi connectivity index (χ0n) is 20.5. The molecule has 180 valence electrons. The van der Waals surface area contributed by atoms with Crippen LogP contribution in [0.3, 0.4) is 0 Å². The molecule has 0 spiro atoms. The molecule has 38 heavy (non-hydrogen) atoms. The van der Waals surface area contributed by atoms with Gasteiger partial charge < -0.3 is 0 Å². The van der Waals surface area contributed by atoms with Gasteiger partial charge in [-0.15, -0.1) is 0 Å². The van der Waals surface area contributed by atoms with Gasteiger partial charge in [-0.3, -0.25) is 18.4 Å². The lowest BCUT2D eigenvalue weighted by atomic mass is 9.96. The number of pyridine rings is 2. The third kappa shape index (κ3) is 2.11. The van der Waals surface area contributed by atoms with Gasteiger partial charge in [-0.1, -0.05) is 0 Å². The molecule has 2 aliphatic carbocycles. The number of hydrogen-bond acceptors (Lipinski definition) is 4. The zero-order chi connectivity index (χ0) is 24.9. The van der Waals surface area contributed by atoms with Crippen LogP contribution in [0, 0.1) is 0 Å². The molecule has 4 heterocycles. The highest BCUT2D eigenvalue weighted by Gasteiger charge is 2.24. The van der Waals surface area contributed by atoms with Crippen molar-refractivity contribution in [1.29, 1.82) is 0 Å². The molecule has 0 atom stereocenters. The highest BCUT2D eigenvalue weighted by Crippen LogP contribution is 2.38. The Balaban J connectivity index is 1.42. The topological polar surface area (TPSA) is 68.7 Å². The first-order valence-electron chi connectivity index (χ1n) is 13.4. The minimum absolute atomic E-state index is 0.0837. The van der Waals surface area contributed by atoms with Crippen LogP contribution in [0.15, 0.2) is 58.1 Å². The van der Waals surface area contributed by atoms with Gasteiger partial charge in [0, 0.05) is 32.3 Å². The van der Waals surface area contributed by atoms with Crippen LogP contribution in [0.4, 0.5) is 0 Å². The van der Waals surface area contributed by atoms with Gasteiger partial charge in [0.2, 0.25) is 0 Å². The van der Waals surface area contributed by atoms with Crippen LogP contribution in [0.2, 0.25) is 0 Å². The van der Waals surface area contributed by atoms with E-state index in [9.17, 15) is 9.59 Å². The second-order valence-electron chi connectivity index (χ2n) is 11.1. The molecule has 4 aromatic heterocycles. The van der Waals surface area contributed by atoms with Gasteiger partial charge in [0.1, 0.15) is 11.3 Å². The number of benzene rings is 4. The third-order valence-electron chi connectivity index (χ3n) is 9.25. The first-order valence-corrected chi connectivity index (χ1v) is 13.4. The molecule has 0 aliphatic heterocycles. The Morgan fingerprint density at radius 1 is 0.526 bits per heavy atom. The van der Waals surface area contributed by atoms with Gasteiger partial charge in [-0.2, -0.15) is 0 Å². The van der Waals surface area contributed by atoms with Crippen molar-refractivity contribution < 1.29 is 0 Å². The summed E-state index contributed by atoms with van der Waals surface area (Å²) in [6, 6.07) is 16.4. The van der Waals surface area contributed by atoms with Crippen LogP contribution in [0.1, 0.15) is 35.1 Å². The molecule has 10 rings (SSSR count). The number of aryl methyl sites for hydroxylation is 4. The van der Waals surface area contributed by atoms with E-state index in [1.54, 1.807) is 8.80 Å².